The molecule has 1 aromatic rings. The molecule has 0 saturated carbocycles. The molecule has 1 saturated heterocycles. The zero-order chi connectivity index (χ0) is 13.5. The van der Waals surface area contributed by atoms with Gasteiger partial charge in [-0.1, -0.05) is 26.0 Å². The highest BCUT2D eigenvalue weighted by molar-refractivity contribution is 5.30. The maximum atomic E-state index is 6.06. The van der Waals surface area contributed by atoms with Crippen LogP contribution in [0.5, 0.6) is 5.75 Å². The highest BCUT2D eigenvalue weighted by Gasteiger charge is 2.16. The van der Waals surface area contributed by atoms with E-state index < -0.39 is 0 Å². The monoisotopic (exact) mass is 263 g/mol. The second kappa shape index (κ2) is 7.51. The maximum absolute atomic E-state index is 6.06. The summed E-state index contributed by atoms with van der Waals surface area (Å²) >= 11 is 0. The van der Waals surface area contributed by atoms with Crippen LogP contribution in [-0.4, -0.2) is 25.9 Å². The first kappa shape index (κ1) is 14.4. The van der Waals surface area contributed by atoms with Crippen LogP contribution in [0.2, 0.25) is 0 Å². The number of rotatable bonds is 6. The molecule has 1 aromatic carbocycles. The Morgan fingerprint density at radius 1 is 1.32 bits per heavy atom. The summed E-state index contributed by atoms with van der Waals surface area (Å²) in [6, 6.07) is 8.91. The van der Waals surface area contributed by atoms with E-state index in [4.69, 9.17) is 9.47 Å². The molecule has 1 atom stereocenters. The van der Waals surface area contributed by atoms with E-state index in [-0.39, 0.29) is 0 Å². The smallest absolute Gasteiger partial charge is 0.120 e. The summed E-state index contributed by atoms with van der Waals surface area (Å²) in [4.78, 5) is 0. The molecule has 0 bridgehead atoms. The van der Waals surface area contributed by atoms with Gasteiger partial charge in [-0.15, -0.1) is 0 Å². The molecule has 1 N–H and O–H groups in total. The average molecular weight is 263 g/mol. The molecule has 19 heavy (non-hydrogen) atoms. The summed E-state index contributed by atoms with van der Waals surface area (Å²) in [5.74, 6) is 0.987. The normalized spacial score (nSPS) is 18.2. The van der Waals surface area contributed by atoms with Crippen LogP contribution in [0.4, 0.5) is 0 Å². The standard InChI is InChI=1S/C16H25NO2/c1-3-16(17-4-2)13-6-5-7-15(12-13)19-14-8-10-18-11-9-14/h5-7,12,14,16-17H,3-4,8-11H2,1-2H3. The van der Waals surface area contributed by atoms with E-state index in [1.54, 1.807) is 0 Å². The van der Waals surface area contributed by atoms with Gasteiger partial charge in [0.25, 0.3) is 0 Å². The summed E-state index contributed by atoms with van der Waals surface area (Å²) < 4.78 is 11.4. The lowest BCUT2D eigenvalue weighted by molar-refractivity contribution is 0.0255. The van der Waals surface area contributed by atoms with Gasteiger partial charge in [-0.3, -0.25) is 0 Å². The summed E-state index contributed by atoms with van der Waals surface area (Å²) in [7, 11) is 0. The molecule has 3 heteroatoms. The Morgan fingerprint density at radius 3 is 2.79 bits per heavy atom. The molecule has 0 aliphatic carbocycles. The van der Waals surface area contributed by atoms with Crippen LogP contribution in [0, 0.1) is 0 Å². The fourth-order valence-corrected chi connectivity index (χ4v) is 2.54. The third kappa shape index (κ3) is 4.22. The molecule has 1 heterocycles. The zero-order valence-corrected chi connectivity index (χ0v) is 12.0. The number of ether oxygens (including phenoxy) is 2. The second-order valence-electron chi connectivity index (χ2n) is 5.02. The van der Waals surface area contributed by atoms with Gasteiger partial charge in [0.1, 0.15) is 11.9 Å². The van der Waals surface area contributed by atoms with E-state index in [0.29, 0.717) is 12.1 Å². The maximum Gasteiger partial charge on any atom is 0.120 e. The molecule has 1 aliphatic heterocycles. The van der Waals surface area contributed by atoms with Crippen molar-refractivity contribution in [1.82, 2.24) is 5.32 Å². The van der Waals surface area contributed by atoms with Gasteiger partial charge in [0.15, 0.2) is 0 Å². The lowest BCUT2D eigenvalue weighted by Crippen LogP contribution is -2.26. The Labute approximate surface area is 116 Å². The highest BCUT2D eigenvalue weighted by atomic mass is 16.5. The molecule has 1 fully saturated rings. The average Bonchev–Trinajstić information content (AvgIpc) is 2.46. The molecule has 0 radical (unpaired) electrons. The quantitative estimate of drug-likeness (QED) is 0.854. The van der Waals surface area contributed by atoms with Gasteiger partial charge in [0.05, 0.1) is 13.2 Å². The molecular formula is C16H25NO2. The van der Waals surface area contributed by atoms with Crippen LogP contribution < -0.4 is 10.1 Å². The highest BCUT2D eigenvalue weighted by Crippen LogP contribution is 2.24. The van der Waals surface area contributed by atoms with Crippen molar-refractivity contribution in [3.63, 3.8) is 0 Å². The lowest BCUT2D eigenvalue weighted by atomic mass is 10.0. The molecule has 3 nitrogen and oxygen atoms in total. The Balaban J connectivity index is 2.01. The van der Waals surface area contributed by atoms with Crippen LogP contribution in [0.1, 0.15) is 44.7 Å². The second-order valence-corrected chi connectivity index (χ2v) is 5.02. The first-order valence-electron chi connectivity index (χ1n) is 7.41. The number of nitrogens with one attached hydrogen (secondary N) is 1. The Bertz CT molecular complexity index is 375. The minimum Gasteiger partial charge on any atom is -0.490 e. The van der Waals surface area contributed by atoms with Crippen molar-refractivity contribution in [2.24, 2.45) is 0 Å². The molecule has 1 unspecified atom stereocenters. The lowest BCUT2D eigenvalue weighted by Gasteiger charge is -2.24. The number of hydrogen-bond donors (Lipinski definition) is 1. The van der Waals surface area contributed by atoms with Crippen molar-refractivity contribution in [2.75, 3.05) is 19.8 Å². The summed E-state index contributed by atoms with van der Waals surface area (Å²) in [5.41, 5.74) is 1.31. The van der Waals surface area contributed by atoms with Crippen molar-refractivity contribution in [3.05, 3.63) is 29.8 Å². The predicted octanol–water partition coefficient (Wildman–Crippen LogP) is 3.31. The topological polar surface area (TPSA) is 30.5 Å². The van der Waals surface area contributed by atoms with Gasteiger partial charge in [0, 0.05) is 18.9 Å². The van der Waals surface area contributed by atoms with Crippen LogP contribution in [-0.2, 0) is 4.74 Å². The van der Waals surface area contributed by atoms with Crippen molar-refractivity contribution in [3.8, 4) is 5.75 Å². The minimum absolute atomic E-state index is 0.309. The molecular weight excluding hydrogens is 238 g/mol. The SMILES string of the molecule is CCNC(CC)c1cccc(OC2CCOCC2)c1. The van der Waals surface area contributed by atoms with Gasteiger partial charge in [-0.05, 0) is 30.7 Å². The van der Waals surface area contributed by atoms with E-state index in [9.17, 15) is 0 Å². The van der Waals surface area contributed by atoms with Crippen molar-refractivity contribution in [2.45, 2.75) is 45.3 Å². The predicted molar refractivity (Wildman–Crippen MR) is 77.6 cm³/mol. The summed E-state index contributed by atoms with van der Waals surface area (Å²) in [6.45, 7) is 6.98. The number of hydrogen-bond acceptors (Lipinski definition) is 3. The Morgan fingerprint density at radius 2 is 2.11 bits per heavy atom. The van der Waals surface area contributed by atoms with Crippen LogP contribution in [0.15, 0.2) is 24.3 Å². The van der Waals surface area contributed by atoms with E-state index in [2.05, 4.69) is 43.4 Å². The number of benzene rings is 1. The Hall–Kier alpha value is -1.06. The molecule has 0 aromatic heterocycles. The third-order valence-electron chi connectivity index (χ3n) is 3.59. The van der Waals surface area contributed by atoms with Crippen LogP contribution in [0.25, 0.3) is 0 Å². The first-order valence-corrected chi connectivity index (χ1v) is 7.41. The van der Waals surface area contributed by atoms with E-state index >= 15 is 0 Å². The zero-order valence-electron chi connectivity index (χ0n) is 12.0. The van der Waals surface area contributed by atoms with Gasteiger partial charge in [-0.2, -0.15) is 0 Å². The fourth-order valence-electron chi connectivity index (χ4n) is 2.54. The van der Waals surface area contributed by atoms with E-state index in [0.717, 1.165) is 44.8 Å². The van der Waals surface area contributed by atoms with Gasteiger partial charge in [-0.25, -0.2) is 0 Å². The van der Waals surface area contributed by atoms with Crippen molar-refractivity contribution < 1.29 is 9.47 Å². The minimum atomic E-state index is 0.309. The van der Waals surface area contributed by atoms with Crippen molar-refractivity contribution in [1.29, 1.82) is 0 Å². The van der Waals surface area contributed by atoms with Crippen molar-refractivity contribution >= 4 is 0 Å². The van der Waals surface area contributed by atoms with E-state index in [1.807, 2.05) is 0 Å². The van der Waals surface area contributed by atoms with Gasteiger partial charge < -0.3 is 14.8 Å². The third-order valence-corrected chi connectivity index (χ3v) is 3.59. The molecule has 1 aliphatic rings. The molecule has 0 spiro atoms. The largest absolute Gasteiger partial charge is 0.490 e. The first-order chi connectivity index (χ1) is 9.33. The summed E-state index contributed by atoms with van der Waals surface area (Å²) in [6.07, 6.45) is 3.39. The molecule has 0 amide bonds. The Kier molecular flexibility index (Phi) is 5.67. The molecule has 106 valence electrons. The summed E-state index contributed by atoms with van der Waals surface area (Å²) in [5, 5.41) is 3.50. The van der Waals surface area contributed by atoms with Crippen LogP contribution >= 0.6 is 0 Å². The fraction of sp³-hybridized carbons (Fsp3) is 0.625. The molecule has 2 rings (SSSR count). The van der Waals surface area contributed by atoms with Crippen LogP contribution in [0.3, 0.4) is 0 Å². The van der Waals surface area contributed by atoms with Gasteiger partial charge in [0.2, 0.25) is 0 Å². The van der Waals surface area contributed by atoms with E-state index in [1.165, 1.54) is 5.56 Å². The van der Waals surface area contributed by atoms with Gasteiger partial charge >= 0.3 is 0 Å².